The second-order valence-corrected chi connectivity index (χ2v) is 9.04. The minimum absolute atomic E-state index is 0.0205. The van der Waals surface area contributed by atoms with Crippen molar-refractivity contribution in [1.82, 2.24) is 10.3 Å². The molecule has 0 bridgehead atoms. The van der Waals surface area contributed by atoms with Crippen molar-refractivity contribution in [2.75, 3.05) is 13.7 Å². The SMILES string of the molecule is COC(=O)C1=C([C@H]2CCC[C@@H](CO)C2)NC(c2nccs2)=NC1c1ccc(F)cc1Cl. The molecule has 0 amide bonds. The highest BCUT2D eigenvalue weighted by Gasteiger charge is 2.37. The molecule has 0 radical (unpaired) electrons. The molecule has 1 fully saturated rings. The molecule has 4 rings (SSSR count). The third kappa shape index (κ3) is 4.51. The maximum atomic E-state index is 13.7. The molecule has 2 aliphatic rings. The fourth-order valence-electron chi connectivity index (χ4n) is 4.34. The largest absolute Gasteiger partial charge is 0.466 e. The number of halogens is 2. The number of aromatic nitrogens is 1. The number of carbonyl (C=O) groups excluding carboxylic acids is 1. The van der Waals surface area contributed by atoms with Crippen LogP contribution in [0.25, 0.3) is 0 Å². The minimum Gasteiger partial charge on any atom is -0.466 e. The number of thiazole rings is 1. The number of carbonyl (C=O) groups is 1. The van der Waals surface area contributed by atoms with E-state index in [1.54, 1.807) is 12.3 Å². The monoisotopic (exact) mass is 463 g/mol. The van der Waals surface area contributed by atoms with E-state index >= 15 is 0 Å². The van der Waals surface area contributed by atoms with E-state index in [1.807, 2.05) is 5.38 Å². The van der Waals surface area contributed by atoms with E-state index in [4.69, 9.17) is 21.3 Å². The molecule has 1 aliphatic carbocycles. The molecule has 31 heavy (non-hydrogen) atoms. The number of aliphatic imine (C=N–C) groups is 1. The van der Waals surface area contributed by atoms with Crippen LogP contribution in [0.2, 0.25) is 5.02 Å². The Morgan fingerprint density at radius 2 is 2.26 bits per heavy atom. The Kier molecular flexibility index (Phi) is 6.69. The maximum Gasteiger partial charge on any atom is 0.338 e. The van der Waals surface area contributed by atoms with E-state index in [1.165, 1.54) is 30.6 Å². The van der Waals surface area contributed by atoms with Gasteiger partial charge < -0.3 is 15.2 Å². The minimum atomic E-state index is -0.759. The first-order valence-corrected chi connectivity index (χ1v) is 11.4. The van der Waals surface area contributed by atoms with Crippen molar-refractivity contribution in [2.45, 2.75) is 31.7 Å². The number of hydrogen-bond donors (Lipinski definition) is 2. The second kappa shape index (κ2) is 9.46. The summed E-state index contributed by atoms with van der Waals surface area (Å²) in [6.07, 6.45) is 5.20. The van der Waals surface area contributed by atoms with Gasteiger partial charge in [0.15, 0.2) is 10.8 Å². The predicted molar refractivity (Wildman–Crippen MR) is 118 cm³/mol. The van der Waals surface area contributed by atoms with E-state index < -0.39 is 17.8 Å². The van der Waals surface area contributed by atoms with E-state index in [0.29, 0.717) is 22.0 Å². The van der Waals surface area contributed by atoms with Crippen molar-refractivity contribution in [3.05, 3.63) is 62.5 Å². The van der Waals surface area contributed by atoms with Crippen LogP contribution in [0, 0.1) is 17.7 Å². The summed E-state index contributed by atoms with van der Waals surface area (Å²) >= 11 is 7.80. The van der Waals surface area contributed by atoms with Crippen LogP contribution < -0.4 is 5.32 Å². The van der Waals surface area contributed by atoms with Crippen LogP contribution in [0.1, 0.15) is 42.3 Å². The highest BCUT2D eigenvalue weighted by molar-refractivity contribution is 7.11. The topological polar surface area (TPSA) is 83.8 Å². The number of aliphatic hydroxyl groups excluding tert-OH is 1. The zero-order valence-corrected chi connectivity index (χ0v) is 18.5. The van der Waals surface area contributed by atoms with Crippen molar-refractivity contribution in [1.29, 1.82) is 0 Å². The number of hydrogen-bond acceptors (Lipinski definition) is 7. The van der Waals surface area contributed by atoms with Gasteiger partial charge in [-0.15, -0.1) is 11.3 Å². The Labute approximate surface area is 188 Å². The summed E-state index contributed by atoms with van der Waals surface area (Å²) in [4.78, 5) is 22.1. The Morgan fingerprint density at radius 1 is 1.42 bits per heavy atom. The fraction of sp³-hybridized carbons (Fsp3) is 0.409. The highest BCUT2D eigenvalue weighted by atomic mass is 35.5. The van der Waals surface area contributed by atoms with Gasteiger partial charge in [-0.05, 0) is 37.3 Å². The lowest BCUT2D eigenvalue weighted by Crippen LogP contribution is -2.38. The lowest BCUT2D eigenvalue weighted by Gasteiger charge is -2.35. The Balaban J connectivity index is 1.87. The van der Waals surface area contributed by atoms with Gasteiger partial charge in [0.05, 0.1) is 12.7 Å². The number of nitrogens with one attached hydrogen (secondary N) is 1. The van der Waals surface area contributed by atoms with E-state index in [9.17, 15) is 14.3 Å². The van der Waals surface area contributed by atoms with Crippen LogP contribution in [0.5, 0.6) is 0 Å². The highest BCUT2D eigenvalue weighted by Crippen LogP contribution is 2.42. The number of nitrogens with zero attached hydrogens (tertiary/aromatic N) is 2. The standard InChI is InChI=1S/C22H23ClFN3O3S/c1-30-22(29)17-18(13-4-2-3-12(9-13)11-28)26-20(21-25-7-8-31-21)27-19(17)15-6-5-14(24)10-16(15)23/h5-8,10,12-13,19,28H,2-4,9,11H2,1H3,(H,26,27)/t12-,13+,19?/m1/s1. The summed E-state index contributed by atoms with van der Waals surface area (Å²) in [6, 6.07) is 3.31. The number of amidine groups is 1. The van der Waals surface area contributed by atoms with Gasteiger partial charge in [0, 0.05) is 40.4 Å². The van der Waals surface area contributed by atoms with Gasteiger partial charge in [0.2, 0.25) is 0 Å². The molecule has 1 aromatic carbocycles. The van der Waals surface area contributed by atoms with E-state index in [-0.39, 0.29) is 23.5 Å². The van der Waals surface area contributed by atoms with Crippen molar-refractivity contribution >= 4 is 34.7 Å². The molecular formula is C22H23ClFN3O3S. The van der Waals surface area contributed by atoms with Crippen molar-refractivity contribution in [3.8, 4) is 0 Å². The van der Waals surface area contributed by atoms with Crippen molar-refractivity contribution in [3.63, 3.8) is 0 Å². The first-order valence-electron chi connectivity index (χ1n) is 10.1. The van der Waals surface area contributed by atoms with E-state index in [2.05, 4.69) is 10.3 Å². The van der Waals surface area contributed by atoms with Gasteiger partial charge in [-0.3, -0.25) is 4.99 Å². The van der Waals surface area contributed by atoms with Gasteiger partial charge in [0.25, 0.3) is 0 Å². The molecule has 6 nitrogen and oxygen atoms in total. The third-order valence-corrected chi connectivity index (χ3v) is 6.93. The Morgan fingerprint density at radius 3 is 2.94 bits per heavy atom. The number of ether oxygens (including phenoxy) is 1. The summed E-state index contributed by atoms with van der Waals surface area (Å²) in [5, 5.41) is 15.8. The third-order valence-electron chi connectivity index (χ3n) is 5.82. The quantitative estimate of drug-likeness (QED) is 0.647. The number of esters is 1. The number of benzene rings is 1. The van der Waals surface area contributed by atoms with Gasteiger partial charge in [0.1, 0.15) is 11.9 Å². The average molecular weight is 464 g/mol. The molecule has 1 aliphatic heterocycles. The molecule has 164 valence electrons. The normalized spacial score (nSPS) is 23.9. The van der Waals surface area contributed by atoms with Crippen molar-refractivity contribution in [2.24, 2.45) is 16.8 Å². The lowest BCUT2D eigenvalue weighted by molar-refractivity contribution is -0.136. The van der Waals surface area contributed by atoms with Crippen LogP contribution in [0.3, 0.4) is 0 Å². The molecule has 2 heterocycles. The van der Waals surface area contributed by atoms with Crippen molar-refractivity contribution < 1.29 is 19.0 Å². The molecule has 9 heteroatoms. The van der Waals surface area contributed by atoms with Gasteiger partial charge >= 0.3 is 5.97 Å². The molecule has 2 N–H and O–H groups in total. The molecule has 3 atom stereocenters. The molecule has 1 unspecified atom stereocenters. The lowest BCUT2D eigenvalue weighted by atomic mass is 9.77. The molecule has 0 saturated heterocycles. The number of rotatable bonds is 5. The molecule has 0 spiro atoms. The smallest absolute Gasteiger partial charge is 0.338 e. The first-order chi connectivity index (χ1) is 15.0. The molecule has 2 aromatic rings. The summed E-state index contributed by atoms with van der Waals surface area (Å²) in [7, 11) is 1.33. The van der Waals surface area contributed by atoms with Gasteiger partial charge in [-0.1, -0.05) is 24.1 Å². The zero-order chi connectivity index (χ0) is 22.0. The van der Waals surface area contributed by atoms with Crippen LogP contribution in [-0.4, -0.2) is 35.6 Å². The number of methoxy groups -OCH3 is 1. The van der Waals surface area contributed by atoms with E-state index in [0.717, 1.165) is 31.4 Å². The fourth-order valence-corrected chi connectivity index (χ4v) is 5.20. The average Bonchev–Trinajstić information content (AvgIpc) is 3.33. The molecule has 1 aromatic heterocycles. The van der Waals surface area contributed by atoms with Crippen LogP contribution >= 0.6 is 22.9 Å². The molecule has 1 saturated carbocycles. The molecular weight excluding hydrogens is 441 g/mol. The van der Waals surface area contributed by atoms with Crippen LogP contribution in [0.4, 0.5) is 4.39 Å². The summed E-state index contributed by atoms with van der Waals surface area (Å²) in [6.45, 7) is 0.109. The van der Waals surface area contributed by atoms with Gasteiger partial charge in [-0.2, -0.15) is 0 Å². The van der Waals surface area contributed by atoms with Crippen LogP contribution in [-0.2, 0) is 9.53 Å². The predicted octanol–water partition coefficient (Wildman–Crippen LogP) is 4.25. The second-order valence-electron chi connectivity index (χ2n) is 7.74. The number of aliphatic hydroxyl groups is 1. The van der Waals surface area contributed by atoms with Gasteiger partial charge in [-0.25, -0.2) is 14.2 Å². The summed E-state index contributed by atoms with van der Waals surface area (Å²) in [5.74, 6) is -0.252. The Hall–Kier alpha value is -2.29. The number of allylic oxidation sites excluding steroid dienone is 1. The van der Waals surface area contributed by atoms with Crippen LogP contribution in [0.15, 0.2) is 46.0 Å². The summed E-state index contributed by atoms with van der Waals surface area (Å²) in [5.41, 5.74) is 1.60. The maximum absolute atomic E-state index is 13.7. The summed E-state index contributed by atoms with van der Waals surface area (Å²) < 4.78 is 18.8. The first kappa shape index (κ1) is 21.9. The zero-order valence-electron chi connectivity index (χ0n) is 17.0. The Bertz CT molecular complexity index is 1030.